The van der Waals surface area contributed by atoms with E-state index in [1.54, 1.807) is 0 Å². The van der Waals surface area contributed by atoms with Gasteiger partial charge in [-0.15, -0.1) is 0 Å². The molecule has 0 rings (SSSR count). The number of hydrogen-bond donors (Lipinski definition) is 5. The first-order chi connectivity index (χ1) is 15.3. The van der Waals surface area contributed by atoms with E-state index in [0.29, 0.717) is 6.42 Å². The third kappa shape index (κ3) is 17.1. The maximum atomic E-state index is 12.3. The Morgan fingerprint density at radius 2 is 1.28 bits per heavy atom. The van der Waals surface area contributed by atoms with Gasteiger partial charge in [-0.05, 0) is 6.42 Å². The van der Waals surface area contributed by atoms with Crippen molar-refractivity contribution >= 4 is 13.6 Å². The smallest absolute Gasteiger partial charge is 0.394 e. The summed E-state index contributed by atoms with van der Waals surface area (Å²) in [7, 11) is -4.77. The number of Topliss-reactive ketones (excluding diaryl/α,β-unsaturated/α-hetero) is 1. The van der Waals surface area contributed by atoms with E-state index < -0.39 is 51.7 Å². The molecule has 0 aliphatic carbocycles. The largest absolute Gasteiger partial charge is 0.473 e. The highest BCUT2D eigenvalue weighted by atomic mass is 31.2. The second-order valence-corrected chi connectivity index (χ2v) is 9.74. The first kappa shape index (κ1) is 31.6. The van der Waals surface area contributed by atoms with Crippen LogP contribution >= 0.6 is 7.82 Å². The van der Waals surface area contributed by atoms with Crippen molar-refractivity contribution in [1.29, 1.82) is 0 Å². The number of carbonyl (C=O) groups excluding carboxylic acids is 1. The third-order valence-electron chi connectivity index (χ3n) is 5.27. The molecule has 0 aromatic heterocycles. The molecule has 192 valence electrons. The van der Waals surface area contributed by atoms with E-state index in [4.69, 9.17) is 14.7 Å². The lowest BCUT2D eigenvalue weighted by molar-refractivity contribution is -0.134. The first-order valence-electron chi connectivity index (χ1n) is 12.0. The van der Waals surface area contributed by atoms with Crippen LogP contribution in [0.2, 0.25) is 0 Å². The summed E-state index contributed by atoms with van der Waals surface area (Å²) >= 11 is 0. The van der Waals surface area contributed by atoms with Crippen molar-refractivity contribution in [2.45, 2.75) is 115 Å². The molecular weight excluding hydrogens is 439 g/mol. The second-order valence-electron chi connectivity index (χ2n) is 8.34. The number of rotatable bonds is 23. The van der Waals surface area contributed by atoms with Gasteiger partial charge >= 0.3 is 7.82 Å². The van der Waals surface area contributed by atoms with Gasteiger partial charge in [0.25, 0.3) is 0 Å². The molecule has 0 saturated heterocycles. The number of carbonyl (C=O) groups is 1. The Kier molecular flexibility index (Phi) is 19.8. The molecular formula is C22H45O9P. The maximum Gasteiger partial charge on any atom is 0.473 e. The predicted molar refractivity (Wildman–Crippen MR) is 122 cm³/mol. The average Bonchev–Trinajstić information content (AvgIpc) is 2.78. The van der Waals surface area contributed by atoms with E-state index >= 15 is 0 Å². The minimum Gasteiger partial charge on any atom is -0.394 e. The summed E-state index contributed by atoms with van der Waals surface area (Å²) in [6.07, 6.45) is 10.3. The fraction of sp³-hybridized carbons (Fsp3) is 0.955. The molecule has 10 heteroatoms. The summed E-state index contributed by atoms with van der Waals surface area (Å²) in [5.41, 5.74) is 0. The van der Waals surface area contributed by atoms with Crippen LogP contribution in [0, 0.1) is 0 Å². The topological polar surface area (TPSA) is 154 Å². The molecule has 0 aromatic rings. The molecule has 0 aromatic carbocycles. The van der Waals surface area contributed by atoms with E-state index in [2.05, 4.69) is 11.4 Å². The van der Waals surface area contributed by atoms with Gasteiger partial charge in [-0.3, -0.25) is 13.8 Å². The molecule has 3 unspecified atom stereocenters. The first-order valence-corrected chi connectivity index (χ1v) is 13.5. The van der Waals surface area contributed by atoms with Gasteiger partial charge in [-0.25, -0.2) is 4.57 Å². The fourth-order valence-corrected chi connectivity index (χ4v) is 4.27. The van der Waals surface area contributed by atoms with Crippen LogP contribution in [0.3, 0.4) is 0 Å². The van der Waals surface area contributed by atoms with Gasteiger partial charge in [-0.1, -0.05) is 84.0 Å². The van der Waals surface area contributed by atoms with Crippen molar-refractivity contribution in [3.8, 4) is 0 Å². The summed E-state index contributed by atoms with van der Waals surface area (Å²) in [6.45, 7) is 0.0340. The summed E-state index contributed by atoms with van der Waals surface area (Å²) in [6, 6.07) is 0. The highest BCUT2D eigenvalue weighted by Crippen LogP contribution is 2.45. The quantitative estimate of drug-likeness (QED) is 0.109. The Bertz CT molecular complexity index is 504. The van der Waals surface area contributed by atoms with E-state index in [9.17, 15) is 24.5 Å². The molecule has 0 amide bonds. The Labute approximate surface area is 192 Å². The summed E-state index contributed by atoms with van der Waals surface area (Å²) < 4.78 is 21.2. The third-order valence-corrected chi connectivity index (χ3v) is 6.24. The average molecular weight is 485 g/mol. The van der Waals surface area contributed by atoms with E-state index in [1.807, 2.05) is 0 Å². The van der Waals surface area contributed by atoms with Crippen molar-refractivity contribution in [2.75, 3.05) is 19.8 Å². The molecule has 0 saturated carbocycles. The second kappa shape index (κ2) is 20.0. The van der Waals surface area contributed by atoms with Crippen LogP contribution in [0.25, 0.3) is 0 Å². The summed E-state index contributed by atoms with van der Waals surface area (Å²) in [5.74, 6) is -0.602. The highest BCUT2D eigenvalue weighted by Gasteiger charge is 2.35. The minimum atomic E-state index is -4.77. The van der Waals surface area contributed by atoms with Gasteiger partial charge in [0.1, 0.15) is 12.2 Å². The standard InChI is InChI=1S/C22H45O9P/c1-2-3-4-5-6-7-8-9-10-11-12-13-14-15-20(26)22(21(27)17-24)31-32(28,29)30-18-19(25)16-23/h19,21-25,27H,2-18H2,1H3,(H,28,29)/t19-,21?,22?/m1/s1. The zero-order valence-electron chi connectivity index (χ0n) is 19.6. The van der Waals surface area contributed by atoms with Crippen molar-refractivity contribution in [1.82, 2.24) is 0 Å². The SMILES string of the molecule is CCCCCCCCCCCCCCCC(=O)C(OP(=O)(O)OC[C@H](O)CO)C(O)CO. The summed E-state index contributed by atoms with van der Waals surface area (Å²) in [5, 5.41) is 36.8. The Hall–Kier alpha value is -0.380. The van der Waals surface area contributed by atoms with Gasteiger partial charge in [0.05, 0.1) is 19.8 Å². The van der Waals surface area contributed by atoms with Gasteiger partial charge in [0, 0.05) is 6.42 Å². The van der Waals surface area contributed by atoms with Gasteiger partial charge in [0.15, 0.2) is 11.9 Å². The number of aliphatic hydroxyl groups excluding tert-OH is 4. The van der Waals surface area contributed by atoms with Crippen molar-refractivity contribution in [3.63, 3.8) is 0 Å². The Morgan fingerprint density at radius 3 is 1.72 bits per heavy atom. The monoisotopic (exact) mass is 484 g/mol. The van der Waals surface area contributed by atoms with Gasteiger partial charge in [-0.2, -0.15) is 0 Å². The maximum absolute atomic E-state index is 12.3. The normalized spacial score (nSPS) is 16.4. The molecule has 32 heavy (non-hydrogen) atoms. The van der Waals surface area contributed by atoms with E-state index in [-0.39, 0.29) is 6.42 Å². The van der Waals surface area contributed by atoms with Crippen LogP contribution in [-0.2, 0) is 18.4 Å². The molecule has 0 spiro atoms. The van der Waals surface area contributed by atoms with Gasteiger partial charge < -0.3 is 25.3 Å². The van der Waals surface area contributed by atoms with Crippen LogP contribution in [-0.4, -0.2) is 69.2 Å². The molecule has 0 bridgehead atoms. The molecule has 0 aliphatic heterocycles. The predicted octanol–water partition coefficient (Wildman–Crippen LogP) is 3.25. The van der Waals surface area contributed by atoms with Crippen LogP contribution in [0.1, 0.15) is 96.8 Å². The molecule has 0 heterocycles. The van der Waals surface area contributed by atoms with Crippen molar-refractivity contribution < 1.29 is 43.7 Å². The van der Waals surface area contributed by atoms with Crippen molar-refractivity contribution in [2.24, 2.45) is 0 Å². The Morgan fingerprint density at radius 1 is 0.812 bits per heavy atom. The number of ketones is 1. The van der Waals surface area contributed by atoms with Crippen LogP contribution in [0.5, 0.6) is 0 Å². The van der Waals surface area contributed by atoms with Crippen LogP contribution in [0.15, 0.2) is 0 Å². The van der Waals surface area contributed by atoms with Crippen molar-refractivity contribution in [3.05, 3.63) is 0 Å². The molecule has 0 aliphatic rings. The lowest BCUT2D eigenvalue weighted by atomic mass is 10.0. The number of unbranched alkanes of at least 4 members (excludes halogenated alkanes) is 12. The number of aliphatic hydroxyl groups is 4. The molecule has 9 nitrogen and oxygen atoms in total. The number of phosphoric ester groups is 1. The Balaban J connectivity index is 4.05. The summed E-state index contributed by atoms with van der Waals surface area (Å²) in [4.78, 5) is 22.0. The van der Waals surface area contributed by atoms with Gasteiger partial charge in [0.2, 0.25) is 0 Å². The number of phosphoric acid groups is 1. The van der Waals surface area contributed by atoms with Crippen LogP contribution in [0.4, 0.5) is 0 Å². The fourth-order valence-electron chi connectivity index (χ4n) is 3.31. The molecule has 0 fully saturated rings. The van der Waals surface area contributed by atoms with E-state index in [0.717, 1.165) is 19.3 Å². The minimum absolute atomic E-state index is 0.0404. The molecule has 5 N–H and O–H groups in total. The number of hydrogen-bond acceptors (Lipinski definition) is 8. The van der Waals surface area contributed by atoms with Crippen LogP contribution < -0.4 is 0 Å². The van der Waals surface area contributed by atoms with E-state index in [1.165, 1.54) is 57.8 Å². The lowest BCUT2D eigenvalue weighted by Gasteiger charge is -2.23. The zero-order valence-corrected chi connectivity index (χ0v) is 20.5. The molecule has 4 atom stereocenters. The zero-order chi connectivity index (χ0) is 24.2. The lowest BCUT2D eigenvalue weighted by Crippen LogP contribution is -2.38. The molecule has 0 radical (unpaired) electrons. The highest BCUT2D eigenvalue weighted by molar-refractivity contribution is 7.47.